The summed E-state index contributed by atoms with van der Waals surface area (Å²) < 4.78 is 33.6. The highest BCUT2D eigenvalue weighted by atomic mass is 19.2. The Bertz CT molecular complexity index is 326. The zero-order chi connectivity index (χ0) is 18.3. The molecule has 0 aromatic heterocycles. The van der Waals surface area contributed by atoms with Crippen molar-refractivity contribution in [3.05, 3.63) is 0 Å². The van der Waals surface area contributed by atoms with Crippen LogP contribution in [0.3, 0.4) is 0 Å². The summed E-state index contributed by atoms with van der Waals surface area (Å²) in [5.74, 6) is 2.48. The van der Waals surface area contributed by atoms with Crippen molar-refractivity contribution in [1.82, 2.24) is 0 Å². The van der Waals surface area contributed by atoms with E-state index < -0.39 is 18.4 Å². The third-order valence-corrected chi connectivity index (χ3v) is 6.49. The van der Waals surface area contributed by atoms with Crippen LogP contribution >= 0.6 is 0 Å². The maximum Gasteiger partial charge on any atom is 0.157 e. The standard InChI is InChI=1S/C21H40F2O/c1-7-17(9-8-14(2)3)19-12-10-18(11-13-19)15(4)20(22)21(23)16(5)24-6/h14-21H,7-13H2,1-6H3. The highest BCUT2D eigenvalue weighted by Crippen LogP contribution is 2.41. The first-order chi connectivity index (χ1) is 11.3. The van der Waals surface area contributed by atoms with Gasteiger partial charge in [-0.3, -0.25) is 0 Å². The van der Waals surface area contributed by atoms with E-state index in [0.29, 0.717) is 5.92 Å². The first-order valence-electron chi connectivity index (χ1n) is 10.1. The van der Waals surface area contributed by atoms with E-state index in [9.17, 15) is 8.78 Å². The Morgan fingerprint density at radius 1 is 0.875 bits per heavy atom. The minimum Gasteiger partial charge on any atom is -0.379 e. The Morgan fingerprint density at radius 2 is 1.42 bits per heavy atom. The van der Waals surface area contributed by atoms with Crippen molar-refractivity contribution in [3.8, 4) is 0 Å². The third-order valence-electron chi connectivity index (χ3n) is 6.49. The fraction of sp³-hybridized carbons (Fsp3) is 1.00. The van der Waals surface area contributed by atoms with Crippen molar-refractivity contribution in [2.45, 2.75) is 98.0 Å². The molecular formula is C21H40F2O. The summed E-state index contributed by atoms with van der Waals surface area (Å²) in [4.78, 5) is 0. The minimum absolute atomic E-state index is 0.214. The second-order valence-corrected chi connectivity index (χ2v) is 8.50. The molecule has 5 atom stereocenters. The van der Waals surface area contributed by atoms with Crippen molar-refractivity contribution in [2.75, 3.05) is 7.11 Å². The van der Waals surface area contributed by atoms with Crippen LogP contribution in [0, 0.1) is 29.6 Å². The normalized spacial score (nSPS) is 28.4. The molecule has 1 saturated carbocycles. The Morgan fingerprint density at radius 3 is 1.88 bits per heavy atom. The first kappa shape index (κ1) is 21.9. The molecule has 3 heteroatoms. The van der Waals surface area contributed by atoms with Gasteiger partial charge in [0.05, 0.1) is 6.10 Å². The number of rotatable bonds is 10. The van der Waals surface area contributed by atoms with Crippen LogP contribution in [0.2, 0.25) is 0 Å². The van der Waals surface area contributed by atoms with Gasteiger partial charge in [-0.2, -0.15) is 0 Å². The van der Waals surface area contributed by atoms with Crippen LogP contribution in [0.5, 0.6) is 0 Å². The molecule has 0 heterocycles. The minimum atomic E-state index is -1.52. The van der Waals surface area contributed by atoms with E-state index in [1.807, 2.05) is 6.92 Å². The number of ether oxygens (including phenoxy) is 1. The van der Waals surface area contributed by atoms with Gasteiger partial charge in [0.1, 0.15) is 6.17 Å². The molecule has 1 aliphatic carbocycles. The van der Waals surface area contributed by atoms with E-state index >= 15 is 0 Å². The topological polar surface area (TPSA) is 9.23 Å². The Hall–Kier alpha value is -0.180. The molecule has 144 valence electrons. The molecule has 24 heavy (non-hydrogen) atoms. The van der Waals surface area contributed by atoms with E-state index in [1.54, 1.807) is 6.92 Å². The number of alkyl halides is 2. The second-order valence-electron chi connectivity index (χ2n) is 8.50. The fourth-order valence-electron chi connectivity index (χ4n) is 4.40. The number of methoxy groups -OCH3 is 1. The molecule has 0 aliphatic heterocycles. The summed E-state index contributed by atoms with van der Waals surface area (Å²) in [5, 5.41) is 0. The quantitative estimate of drug-likeness (QED) is 0.433. The molecule has 1 fully saturated rings. The van der Waals surface area contributed by atoms with Gasteiger partial charge in [0.25, 0.3) is 0 Å². The molecular weight excluding hydrogens is 306 g/mol. The molecule has 0 aromatic rings. The maximum absolute atomic E-state index is 14.5. The largest absolute Gasteiger partial charge is 0.379 e. The lowest BCUT2D eigenvalue weighted by molar-refractivity contribution is -0.0231. The van der Waals surface area contributed by atoms with Gasteiger partial charge in [-0.25, -0.2) is 8.78 Å². The molecule has 0 radical (unpaired) electrons. The van der Waals surface area contributed by atoms with E-state index in [1.165, 1.54) is 39.2 Å². The van der Waals surface area contributed by atoms with Crippen LogP contribution in [0.25, 0.3) is 0 Å². The number of hydrogen-bond acceptors (Lipinski definition) is 1. The fourth-order valence-corrected chi connectivity index (χ4v) is 4.40. The average molecular weight is 347 g/mol. The zero-order valence-corrected chi connectivity index (χ0v) is 16.7. The third kappa shape index (κ3) is 6.28. The predicted molar refractivity (Wildman–Crippen MR) is 98.7 cm³/mol. The van der Waals surface area contributed by atoms with E-state index in [0.717, 1.165) is 30.6 Å². The van der Waals surface area contributed by atoms with Gasteiger partial charge in [0.15, 0.2) is 6.17 Å². The number of halogens is 2. The predicted octanol–water partition coefficient (Wildman–Crippen LogP) is 6.60. The van der Waals surface area contributed by atoms with Crippen molar-refractivity contribution < 1.29 is 13.5 Å². The molecule has 1 aliphatic rings. The van der Waals surface area contributed by atoms with Gasteiger partial charge < -0.3 is 4.74 Å². The lowest BCUT2D eigenvalue weighted by Crippen LogP contribution is -2.38. The molecule has 5 unspecified atom stereocenters. The van der Waals surface area contributed by atoms with Crippen LogP contribution < -0.4 is 0 Å². The van der Waals surface area contributed by atoms with Gasteiger partial charge >= 0.3 is 0 Å². The zero-order valence-electron chi connectivity index (χ0n) is 16.7. The van der Waals surface area contributed by atoms with E-state index in [4.69, 9.17) is 4.74 Å². The summed E-state index contributed by atoms with van der Waals surface area (Å²) in [6.45, 7) is 10.4. The van der Waals surface area contributed by atoms with Crippen molar-refractivity contribution in [3.63, 3.8) is 0 Å². The highest BCUT2D eigenvalue weighted by molar-refractivity contribution is 4.86. The van der Waals surface area contributed by atoms with Gasteiger partial charge in [-0.15, -0.1) is 0 Å². The Labute approximate surface area is 148 Å². The molecule has 0 spiro atoms. The van der Waals surface area contributed by atoms with Crippen LogP contribution in [0.4, 0.5) is 8.78 Å². The SMILES string of the molecule is CCC(CCC(C)C)C1CCC(C(C)C(F)C(F)C(C)OC)CC1. The van der Waals surface area contributed by atoms with Gasteiger partial charge in [0.2, 0.25) is 0 Å². The lowest BCUT2D eigenvalue weighted by Gasteiger charge is -2.38. The average Bonchev–Trinajstić information content (AvgIpc) is 2.59. The molecule has 0 amide bonds. The van der Waals surface area contributed by atoms with Crippen LogP contribution in [0.1, 0.15) is 79.6 Å². The number of hydrogen-bond donors (Lipinski definition) is 0. The van der Waals surface area contributed by atoms with Crippen molar-refractivity contribution in [1.29, 1.82) is 0 Å². The summed E-state index contributed by atoms with van der Waals surface area (Å²) >= 11 is 0. The van der Waals surface area contributed by atoms with Crippen LogP contribution in [-0.2, 0) is 4.74 Å². The Kier molecular flexibility index (Phi) is 9.77. The van der Waals surface area contributed by atoms with Crippen LogP contribution in [0.15, 0.2) is 0 Å². The second kappa shape index (κ2) is 10.7. The molecule has 1 rings (SSSR count). The van der Waals surface area contributed by atoms with Gasteiger partial charge in [-0.1, -0.05) is 40.5 Å². The van der Waals surface area contributed by atoms with Gasteiger partial charge in [0, 0.05) is 7.11 Å². The van der Waals surface area contributed by atoms with Gasteiger partial charge in [-0.05, 0) is 68.6 Å². The summed E-state index contributed by atoms with van der Waals surface area (Å²) in [5.41, 5.74) is 0. The Balaban J connectivity index is 2.48. The molecule has 0 saturated heterocycles. The smallest absolute Gasteiger partial charge is 0.157 e. The molecule has 1 nitrogen and oxygen atoms in total. The van der Waals surface area contributed by atoms with E-state index in [-0.39, 0.29) is 5.92 Å². The van der Waals surface area contributed by atoms with Crippen molar-refractivity contribution in [2.24, 2.45) is 29.6 Å². The monoisotopic (exact) mass is 346 g/mol. The molecule has 0 N–H and O–H groups in total. The van der Waals surface area contributed by atoms with Crippen LogP contribution in [-0.4, -0.2) is 25.6 Å². The summed E-state index contributed by atoms with van der Waals surface area (Å²) in [7, 11) is 1.45. The van der Waals surface area contributed by atoms with E-state index in [2.05, 4.69) is 20.8 Å². The first-order valence-corrected chi connectivity index (χ1v) is 10.1. The molecule has 0 bridgehead atoms. The lowest BCUT2D eigenvalue weighted by atomic mass is 9.69. The van der Waals surface area contributed by atoms with Crippen molar-refractivity contribution >= 4 is 0 Å². The molecule has 0 aromatic carbocycles. The summed E-state index contributed by atoms with van der Waals surface area (Å²) in [6.07, 6.45) is 4.77. The maximum atomic E-state index is 14.5. The highest BCUT2D eigenvalue weighted by Gasteiger charge is 2.37. The summed E-state index contributed by atoms with van der Waals surface area (Å²) in [6, 6.07) is 0.